The molecule has 0 saturated carbocycles. The van der Waals surface area contributed by atoms with E-state index in [2.05, 4.69) is 52.3 Å². The van der Waals surface area contributed by atoms with Crippen LogP contribution in [-0.2, 0) is 0 Å². The Morgan fingerprint density at radius 2 is 1.85 bits per heavy atom. The number of halogens is 1. The predicted octanol–water partition coefficient (Wildman–Crippen LogP) is 3.85. The van der Waals surface area contributed by atoms with E-state index in [-0.39, 0.29) is 6.61 Å². The van der Waals surface area contributed by atoms with Crippen LogP contribution in [0.1, 0.15) is 12.0 Å². The quantitative estimate of drug-likeness (QED) is 0.809. The van der Waals surface area contributed by atoms with Crippen molar-refractivity contribution in [1.82, 2.24) is 9.80 Å². The Labute approximate surface area is 171 Å². The summed E-state index contributed by atoms with van der Waals surface area (Å²) in [5.41, 5.74) is 2.79. The van der Waals surface area contributed by atoms with Gasteiger partial charge in [0.1, 0.15) is 0 Å². The molecule has 1 N–H and O–H groups in total. The minimum Gasteiger partial charge on any atom is -0.395 e. The van der Waals surface area contributed by atoms with Gasteiger partial charge in [-0.3, -0.25) is 4.90 Å². The van der Waals surface area contributed by atoms with Crippen LogP contribution in [0.25, 0.3) is 5.57 Å². The molecule has 5 heteroatoms. The molecule has 2 aliphatic heterocycles. The maximum atomic E-state index is 9.08. The van der Waals surface area contributed by atoms with E-state index < -0.39 is 0 Å². The molecule has 2 unspecified atom stereocenters. The fourth-order valence-electron chi connectivity index (χ4n) is 4.17. The highest BCUT2D eigenvalue weighted by molar-refractivity contribution is 8.00. The number of rotatable bonds is 5. The first-order valence-electron chi connectivity index (χ1n) is 9.82. The number of aliphatic hydroxyl groups is 1. The third-order valence-electron chi connectivity index (χ3n) is 5.65. The summed E-state index contributed by atoms with van der Waals surface area (Å²) in [5, 5.41) is 10.4. The van der Waals surface area contributed by atoms with Gasteiger partial charge in [-0.2, -0.15) is 0 Å². The first-order chi connectivity index (χ1) is 13.2. The molecular weight excluding hydrogens is 376 g/mol. The maximum absolute atomic E-state index is 9.08. The molecule has 27 heavy (non-hydrogen) atoms. The van der Waals surface area contributed by atoms with Gasteiger partial charge in [0, 0.05) is 60.4 Å². The average Bonchev–Trinajstić information content (AvgIpc) is 2.69. The van der Waals surface area contributed by atoms with Crippen LogP contribution in [0.5, 0.6) is 0 Å². The minimum atomic E-state index is 0.261. The van der Waals surface area contributed by atoms with E-state index in [9.17, 15) is 0 Å². The highest BCUT2D eigenvalue weighted by atomic mass is 35.5. The van der Waals surface area contributed by atoms with E-state index in [4.69, 9.17) is 16.7 Å². The van der Waals surface area contributed by atoms with E-state index >= 15 is 0 Å². The smallest absolute Gasteiger partial charge is 0.0558 e. The number of piperazine rings is 1. The molecule has 144 valence electrons. The van der Waals surface area contributed by atoms with Gasteiger partial charge < -0.3 is 10.0 Å². The van der Waals surface area contributed by atoms with Crippen molar-refractivity contribution < 1.29 is 5.11 Å². The van der Waals surface area contributed by atoms with Crippen LogP contribution in [0.15, 0.2) is 58.5 Å². The van der Waals surface area contributed by atoms with E-state index in [0.717, 1.165) is 50.7 Å². The van der Waals surface area contributed by atoms with Crippen molar-refractivity contribution >= 4 is 28.9 Å². The summed E-state index contributed by atoms with van der Waals surface area (Å²) in [7, 11) is 0. The molecule has 0 radical (unpaired) electrons. The lowest BCUT2D eigenvalue weighted by Gasteiger charge is -2.35. The van der Waals surface area contributed by atoms with E-state index in [1.54, 1.807) is 0 Å². The highest BCUT2D eigenvalue weighted by Gasteiger charge is 2.31. The lowest BCUT2D eigenvalue weighted by molar-refractivity contribution is 0.114. The zero-order chi connectivity index (χ0) is 18.6. The van der Waals surface area contributed by atoms with Crippen LogP contribution >= 0.6 is 23.4 Å². The molecular formula is C22H27ClN2OS. The Kier molecular flexibility index (Phi) is 6.41. The van der Waals surface area contributed by atoms with Crippen LogP contribution in [0.3, 0.4) is 0 Å². The van der Waals surface area contributed by atoms with Crippen molar-refractivity contribution in [2.24, 2.45) is 5.92 Å². The Morgan fingerprint density at radius 3 is 2.63 bits per heavy atom. The number of β-amino-alcohol motifs (C(OH)–C–C–N with tert-alkyl or cyclic N) is 1. The standard InChI is InChI=1S/C22H27ClN2OS/c23-17-7-8-22-20(16-17)18(19-4-1-2-6-21(19)27-22)5-3-9-24-10-12-25(13-11-24)14-15-26/h1-2,4-8,16,20,22,26H,3,9-15H2/b18-5-. The van der Waals surface area contributed by atoms with Crippen LogP contribution in [-0.4, -0.2) is 66.0 Å². The van der Waals surface area contributed by atoms with Crippen molar-refractivity contribution in [3.8, 4) is 0 Å². The van der Waals surface area contributed by atoms with Gasteiger partial charge in [0.05, 0.1) is 6.61 Å². The number of fused-ring (bicyclic) bond motifs is 2. The fraction of sp³-hybridized carbons (Fsp3) is 0.455. The molecule has 0 amide bonds. The molecule has 1 saturated heterocycles. The monoisotopic (exact) mass is 402 g/mol. The van der Waals surface area contributed by atoms with Crippen molar-refractivity contribution in [2.75, 3.05) is 45.9 Å². The number of thioether (sulfide) groups is 1. The summed E-state index contributed by atoms with van der Waals surface area (Å²) in [5.74, 6) is 0.365. The van der Waals surface area contributed by atoms with Crippen LogP contribution < -0.4 is 0 Å². The first-order valence-corrected chi connectivity index (χ1v) is 11.1. The number of benzene rings is 1. The summed E-state index contributed by atoms with van der Waals surface area (Å²) in [6, 6.07) is 8.75. The van der Waals surface area contributed by atoms with Gasteiger partial charge in [-0.05, 0) is 29.7 Å². The molecule has 1 fully saturated rings. The zero-order valence-corrected chi connectivity index (χ0v) is 17.1. The summed E-state index contributed by atoms with van der Waals surface area (Å²) >= 11 is 8.28. The van der Waals surface area contributed by atoms with Gasteiger partial charge in [-0.1, -0.05) is 48.0 Å². The minimum absolute atomic E-state index is 0.261. The molecule has 2 heterocycles. The van der Waals surface area contributed by atoms with Gasteiger partial charge in [0.2, 0.25) is 0 Å². The first kappa shape index (κ1) is 19.3. The summed E-state index contributed by atoms with van der Waals surface area (Å²) < 4.78 is 0. The molecule has 2 atom stereocenters. The van der Waals surface area contributed by atoms with Gasteiger partial charge >= 0.3 is 0 Å². The van der Waals surface area contributed by atoms with Crippen molar-refractivity contribution in [2.45, 2.75) is 16.6 Å². The van der Waals surface area contributed by atoms with Crippen LogP contribution in [0.2, 0.25) is 0 Å². The molecule has 4 rings (SSSR count). The van der Waals surface area contributed by atoms with Gasteiger partial charge in [-0.15, -0.1) is 11.8 Å². The highest BCUT2D eigenvalue weighted by Crippen LogP contribution is 2.48. The largest absolute Gasteiger partial charge is 0.395 e. The van der Waals surface area contributed by atoms with Gasteiger partial charge in [0.15, 0.2) is 0 Å². The Morgan fingerprint density at radius 1 is 1.11 bits per heavy atom. The summed E-state index contributed by atoms with van der Waals surface area (Å²) in [6.07, 6.45) is 10.0. The third kappa shape index (κ3) is 4.52. The van der Waals surface area contributed by atoms with E-state index in [1.807, 2.05) is 17.8 Å². The normalized spacial score (nSPS) is 27.3. The van der Waals surface area contributed by atoms with Crippen LogP contribution in [0, 0.1) is 5.92 Å². The lowest BCUT2D eigenvalue weighted by atomic mass is 9.85. The maximum Gasteiger partial charge on any atom is 0.0558 e. The van der Waals surface area contributed by atoms with Crippen LogP contribution in [0.4, 0.5) is 0 Å². The SMILES string of the molecule is OCCN1CCN(CC/C=C2/c3ccccc3SC3C=CC(Cl)=CC23)CC1. The topological polar surface area (TPSA) is 26.7 Å². The number of hydrogen-bond donors (Lipinski definition) is 1. The molecule has 3 aliphatic rings. The van der Waals surface area contributed by atoms with Gasteiger partial charge in [-0.25, -0.2) is 0 Å². The van der Waals surface area contributed by atoms with Crippen molar-refractivity contribution in [1.29, 1.82) is 0 Å². The molecule has 0 aromatic heterocycles. The second kappa shape index (κ2) is 8.97. The fourth-order valence-corrected chi connectivity index (χ4v) is 5.67. The summed E-state index contributed by atoms with van der Waals surface area (Å²) in [6.45, 7) is 6.46. The van der Waals surface area contributed by atoms with E-state index in [1.165, 1.54) is 16.0 Å². The molecule has 1 aromatic rings. The van der Waals surface area contributed by atoms with E-state index in [0.29, 0.717) is 11.2 Å². The predicted molar refractivity (Wildman–Crippen MR) is 115 cm³/mol. The summed E-state index contributed by atoms with van der Waals surface area (Å²) in [4.78, 5) is 6.25. The number of aliphatic hydroxyl groups excluding tert-OH is 1. The zero-order valence-electron chi connectivity index (χ0n) is 15.6. The Hall–Kier alpha value is -1.04. The Balaban J connectivity index is 1.45. The molecule has 0 bridgehead atoms. The molecule has 3 nitrogen and oxygen atoms in total. The number of nitrogens with zero attached hydrogens (tertiary/aromatic N) is 2. The Bertz CT molecular complexity index is 752. The second-order valence-corrected chi connectivity index (χ2v) is 9.03. The van der Waals surface area contributed by atoms with Gasteiger partial charge in [0.25, 0.3) is 0 Å². The number of hydrogen-bond acceptors (Lipinski definition) is 4. The molecule has 1 aromatic carbocycles. The average molecular weight is 403 g/mol. The number of allylic oxidation sites excluding steroid dienone is 4. The van der Waals surface area contributed by atoms with Crippen molar-refractivity contribution in [3.05, 3.63) is 59.2 Å². The molecule has 1 aliphatic carbocycles. The second-order valence-electron chi connectivity index (χ2n) is 7.37. The van der Waals surface area contributed by atoms with Crippen molar-refractivity contribution in [3.63, 3.8) is 0 Å². The third-order valence-corrected chi connectivity index (χ3v) is 7.23. The lowest BCUT2D eigenvalue weighted by Crippen LogP contribution is -2.47. The molecule has 0 spiro atoms.